The molecule has 0 radical (unpaired) electrons. The minimum atomic E-state index is -1.06. The molecule has 1 heterocycles. The molecule has 13 heavy (non-hydrogen) atoms. The highest BCUT2D eigenvalue weighted by Gasteiger charge is 2.03. The van der Waals surface area contributed by atoms with Crippen LogP contribution in [0.3, 0.4) is 0 Å². The topological polar surface area (TPSA) is 100 Å². The Labute approximate surface area is 74.1 Å². The van der Waals surface area contributed by atoms with Crippen LogP contribution in [0.4, 0.5) is 10.8 Å². The van der Waals surface area contributed by atoms with Crippen molar-refractivity contribution in [3.8, 4) is 0 Å². The highest BCUT2D eigenvalue weighted by molar-refractivity contribution is 5.64. The van der Waals surface area contributed by atoms with Crippen LogP contribution in [0.5, 0.6) is 0 Å². The molecular weight excluding hydrogens is 176 g/mol. The van der Waals surface area contributed by atoms with Gasteiger partial charge in [0.2, 0.25) is 5.89 Å². The number of anilines is 1. The smallest absolute Gasteiger partial charge is 0.404 e. The Morgan fingerprint density at radius 1 is 1.62 bits per heavy atom. The average Bonchev–Trinajstić information content (AvgIpc) is 2.52. The summed E-state index contributed by atoms with van der Waals surface area (Å²) in [4.78, 5) is 10.1. The molecule has 3 N–H and O–H groups in total. The van der Waals surface area contributed by atoms with Gasteiger partial charge in [-0.15, -0.1) is 5.10 Å². The molecule has 1 aromatic rings. The fraction of sp³-hybridized carbons (Fsp3) is 0.500. The van der Waals surface area contributed by atoms with Gasteiger partial charge in [-0.05, 0) is 0 Å². The summed E-state index contributed by atoms with van der Waals surface area (Å²) in [6.45, 7) is 0.265. The van der Waals surface area contributed by atoms with Gasteiger partial charge in [-0.2, -0.15) is 0 Å². The maximum Gasteiger partial charge on any atom is 0.404 e. The number of rotatable bonds is 4. The van der Waals surface area contributed by atoms with Gasteiger partial charge in [0.05, 0.1) is 0 Å². The summed E-state index contributed by atoms with van der Waals surface area (Å²) in [6, 6.07) is 0.324. The third kappa shape index (κ3) is 2.97. The van der Waals surface area contributed by atoms with E-state index in [-0.39, 0.29) is 6.54 Å². The molecule has 0 aliphatic heterocycles. The normalized spacial score (nSPS) is 9.62. The van der Waals surface area contributed by atoms with Crippen molar-refractivity contribution < 1.29 is 14.3 Å². The molecule has 7 nitrogen and oxygen atoms in total. The number of amides is 1. The fourth-order valence-corrected chi connectivity index (χ4v) is 0.732. The van der Waals surface area contributed by atoms with E-state index in [2.05, 4.69) is 20.8 Å². The monoisotopic (exact) mass is 186 g/mol. The lowest BCUT2D eigenvalue weighted by Gasteiger charge is -1.95. The van der Waals surface area contributed by atoms with Crippen LogP contribution < -0.4 is 10.6 Å². The van der Waals surface area contributed by atoms with E-state index in [1.165, 1.54) is 0 Å². The first-order valence-electron chi connectivity index (χ1n) is 3.69. The molecule has 1 aromatic heterocycles. The number of hydrogen-bond acceptors (Lipinski definition) is 5. The molecule has 0 atom stereocenters. The highest BCUT2D eigenvalue weighted by Crippen LogP contribution is 2.03. The molecule has 1 rings (SSSR count). The lowest BCUT2D eigenvalue weighted by Crippen LogP contribution is -2.23. The Bertz CT molecular complexity index is 285. The van der Waals surface area contributed by atoms with Crippen molar-refractivity contribution in [2.75, 3.05) is 18.9 Å². The third-order valence-corrected chi connectivity index (χ3v) is 1.30. The van der Waals surface area contributed by atoms with E-state index in [4.69, 9.17) is 9.52 Å². The van der Waals surface area contributed by atoms with Gasteiger partial charge in [0.15, 0.2) is 0 Å². The Kier molecular flexibility index (Phi) is 3.07. The first-order chi connectivity index (χ1) is 6.22. The minimum absolute atomic E-state index is 0.265. The SMILES string of the molecule is CNc1nnc(CCNC(=O)O)o1. The standard InChI is InChI=1S/C6H10N4O3/c1-7-5-10-9-4(13-5)2-3-8-6(11)12/h8H,2-3H2,1H3,(H,7,10)(H,11,12). The van der Waals surface area contributed by atoms with E-state index < -0.39 is 6.09 Å². The first-order valence-corrected chi connectivity index (χ1v) is 3.69. The highest BCUT2D eigenvalue weighted by atomic mass is 16.4. The van der Waals surface area contributed by atoms with E-state index in [1.54, 1.807) is 7.05 Å². The van der Waals surface area contributed by atoms with Crippen LogP contribution in [0, 0.1) is 0 Å². The van der Waals surface area contributed by atoms with Crippen molar-refractivity contribution in [3.05, 3.63) is 5.89 Å². The number of nitrogens with zero attached hydrogens (tertiary/aromatic N) is 2. The van der Waals surface area contributed by atoms with Crippen LogP contribution in [0.15, 0.2) is 4.42 Å². The predicted molar refractivity (Wildman–Crippen MR) is 43.6 cm³/mol. The second kappa shape index (κ2) is 4.29. The fourth-order valence-electron chi connectivity index (χ4n) is 0.732. The van der Waals surface area contributed by atoms with Gasteiger partial charge in [0.1, 0.15) is 0 Å². The van der Waals surface area contributed by atoms with Crippen LogP contribution in [-0.4, -0.2) is 35.0 Å². The lowest BCUT2D eigenvalue weighted by atomic mass is 10.4. The Morgan fingerprint density at radius 3 is 2.92 bits per heavy atom. The third-order valence-electron chi connectivity index (χ3n) is 1.30. The van der Waals surface area contributed by atoms with Crippen LogP contribution in [0.2, 0.25) is 0 Å². The van der Waals surface area contributed by atoms with Gasteiger partial charge in [-0.25, -0.2) is 4.79 Å². The van der Waals surface area contributed by atoms with Gasteiger partial charge in [0.25, 0.3) is 0 Å². The Morgan fingerprint density at radius 2 is 2.38 bits per heavy atom. The zero-order chi connectivity index (χ0) is 9.68. The van der Waals surface area contributed by atoms with Crippen LogP contribution in [0.25, 0.3) is 0 Å². The van der Waals surface area contributed by atoms with E-state index >= 15 is 0 Å². The minimum Gasteiger partial charge on any atom is -0.465 e. The number of carbonyl (C=O) groups is 1. The van der Waals surface area contributed by atoms with Crippen LogP contribution in [-0.2, 0) is 6.42 Å². The quantitative estimate of drug-likeness (QED) is 0.608. The molecule has 0 saturated carbocycles. The Balaban J connectivity index is 2.32. The molecule has 0 fully saturated rings. The van der Waals surface area contributed by atoms with E-state index in [0.717, 1.165) is 0 Å². The summed E-state index contributed by atoms with van der Waals surface area (Å²) in [6.07, 6.45) is -0.672. The van der Waals surface area contributed by atoms with Crippen molar-refractivity contribution >= 4 is 12.1 Å². The number of hydrogen-bond donors (Lipinski definition) is 3. The average molecular weight is 186 g/mol. The molecule has 0 aliphatic carbocycles. The van der Waals surface area contributed by atoms with E-state index in [9.17, 15) is 4.79 Å². The summed E-state index contributed by atoms with van der Waals surface area (Å²) >= 11 is 0. The second-order valence-corrected chi connectivity index (χ2v) is 2.23. The summed E-state index contributed by atoms with van der Waals surface area (Å²) in [5.41, 5.74) is 0. The molecule has 7 heteroatoms. The summed E-state index contributed by atoms with van der Waals surface area (Å²) in [7, 11) is 1.66. The van der Waals surface area contributed by atoms with Crippen molar-refractivity contribution in [3.63, 3.8) is 0 Å². The van der Waals surface area contributed by atoms with Crippen molar-refractivity contribution in [2.45, 2.75) is 6.42 Å². The molecule has 0 spiro atoms. The zero-order valence-corrected chi connectivity index (χ0v) is 7.07. The molecule has 0 bridgehead atoms. The van der Waals surface area contributed by atoms with Gasteiger partial charge in [-0.3, -0.25) is 0 Å². The summed E-state index contributed by atoms with van der Waals surface area (Å²) in [5.74, 6) is 0.401. The molecule has 0 unspecified atom stereocenters. The van der Waals surface area contributed by atoms with Crippen molar-refractivity contribution in [2.24, 2.45) is 0 Å². The van der Waals surface area contributed by atoms with Crippen molar-refractivity contribution in [1.29, 1.82) is 0 Å². The summed E-state index contributed by atoms with van der Waals surface area (Å²) < 4.78 is 5.05. The maximum atomic E-state index is 10.1. The first kappa shape index (κ1) is 9.30. The Hall–Kier alpha value is -1.79. The molecule has 72 valence electrons. The summed E-state index contributed by atoms with van der Waals surface area (Å²) in [5, 5.41) is 20.4. The molecule has 0 aromatic carbocycles. The van der Waals surface area contributed by atoms with Gasteiger partial charge < -0.3 is 20.2 Å². The van der Waals surface area contributed by atoms with Crippen LogP contribution >= 0.6 is 0 Å². The predicted octanol–water partition coefficient (Wildman–Crippen LogP) is -0.0786. The van der Waals surface area contributed by atoms with Crippen molar-refractivity contribution in [1.82, 2.24) is 15.5 Å². The lowest BCUT2D eigenvalue weighted by molar-refractivity contribution is 0.194. The van der Waals surface area contributed by atoms with Gasteiger partial charge >= 0.3 is 12.1 Å². The number of nitrogens with one attached hydrogen (secondary N) is 2. The van der Waals surface area contributed by atoms with Gasteiger partial charge in [-0.1, -0.05) is 5.10 Å². The number of carboxylic acid groups (broad SMARTS) is 1. The number of aromatic nitrogens is 2. The largest absolute Gasteiger partial charge is 0.465 e. The van der Waals surface area contributed by atoms with E-state index in [0.29, 0.717) is 18.3 Å². The molecule has 0 saturated heterocycles. The zero-order valence-electron chi connectivity index (χ0n) is 7.07. The molecular formula is C6H10N4O3. The molecule has 1 amide bonds. The van der Waals surface area contributed by atoms with Crippen LogP contribution in [0.1, 0.15) is 5.89 Å². The second-order valence-electron chi connectivity index (χ2n) is 2.23. The van der Waals surface area contributed by atoms with Gasteiger partial charge in [0, 0.05) is 20.0 Å². The molecule has 0 aliphatic rings. The van der Waals surface area contributed by atoms with E-state index in [1.807, 2.05) is 0 Å². The maximum absolute atomic E-state index is 10.1.